The van der Waals surface area contributed by atoms with Crippen LogP contribution in [0.1, 0.15) is 40.5 Å². The highest BCUT2D eigenvalue weighted by Gasteiger charge is 2.26. The van der Waals surface area contributed by atoms with Crippen LogP contribution in [-0.2, 0) is 22.5 Å². The third-order valence-electron chi connectivity index (χ3n) is 4.96. The number of nitriles is 1. The van der Waals surface area contributed by atoms with Gasteiger partial charge in [-0.15, -0.1) is 0 Å². The lowest BCUT2D eigenvalue weighted by Crippen LogP contribution is -2.40. The molecular weight excluding hydrogens is 428 g/mol. The minimum atomic E-state index is -0.479. The first kappa shape index (κ1) is 23.6. The van der Waals surface area contributed by atoms with Crippen molar-refractivity contribution in [2.45, 2.75) is 32.4 Å². The topological polar surface area (TPSA) is 147 Å². The molecule has 1 aliphatic rings. The molecule has 1 atom stereocenters. The molecule has 3 amide bonds. The number of ether oxygens (including phenoxy) is 2. The van der Waals surface area contributed by atoms with E-state index in [4.69, 9.17) is 9.47 Å². The smallest absolute Gasteiger partial charge is 0.328 e. The number of methoxy groups -OCH3 is 1. The number of hydrogen-bond donors (Lipinski definition) is 2. The van der Waals surface area contributed by atoms with Crippen molar-refractivity contribution in [1.29, 1.82) is 5.26 Å². The van der Waals surface area contributed by atoms with Crippen LogP contribution in [0.3, 0.4) is 0 Å². The maximum absolute atomic E-state index is 13.0. The van der Waals surface area contributed by atoms with E-state index in [1.807, 2.05) is 6.07 Å². The van der Waals surface area contributed by atoms with Crippen LogP contribution in [0.15, 0.2) is 18.3 Å². The third-order valence-corrected chi connectivity index (χ3v) is 4.96. The molecular formula is C22H24N6O5. The predicted octanol–water partition coefficient (Wildman–Crippen LogP) is 1.81. The van der Waals surface area contributed by atoms with E-state index in [1.54, 1.807) is 20.1 Å². The van der Waals surface area contributed by atoms with Gasteiger partial charge >= 0.3 is 6.03 Å². The Morgan fingerprint density at radius 3 is 2.91 bits per heavy atom. The van der Waals surface area contributed by atoms with Gasteiger partial charge in [-0.25, -0.2) is 14.8 Å². The number of anilines is 2. The number of amides is 3. The van der Waals surface area contributed by atoms with E-state index < -0.39 is 6.03 Å². The number of nitrogens with one attached hydrogen (secondary N) is 2. The van der Waals surface area contributed by atoms with Crippen molar-refractivity contribution in [2.75, 3.05) is 30.5 Å². The molecule has 2 N–H and O–H groups in total. The molecule has 11 nitrogen and oxygen atoms in total. The molecule has 0 bridgehead atoms. The van der Waals surface area contributed by atoms with E-state index >= 15 is 0 Å². The lowest BCUT2D eigenvalue weighted by molar-refractivity contribution is -0.109. The minimum absolute atomic E-state index is 0.155. The molecule has 0 aromatic carbocycles. The minimum Gasteiger partial charge on any atom is -0.487 e. The van der Waals surface area contributed by atoms with Crippen LogP contribution in [0.25, 0.3) is 0 Å². The van der Waals surface area contributed by atoms with Crippen LogP contribution < -0.4 is 20.3 Å². The van der Waals surface area contributed by atoms with E-state index in [-0.39, 0.29) is 35.5 Å². The summed E-state index contributed by atoms with van der Waals surface area (Å²) in [5.41, 5.74) is 1.77. The highest BCUT2D eigenvalue weighted by molar-refractivity contribution is 6.01. The summed E-state index contributed by atoms with van der Waals surface area (Å²) in [6.07, 6.45) is 3.54. The fourth-order valence-corrected chi connectivity index (χ4v) is 3.50. The summed E-state index contributed by atoms with van der Waals surface area (Å²) in [6.45, 7) is 2.70. The number of aromatic nitrogens is 2. The number of aryl methyl sites for hydroxylation is 1. The number of urea groups is 1. The zero-order valence-corrected chi connectivity index (χ0v) is 18.3. The van der Waals surface area contributed by atoms with Crippen LogP contribution >= 0.6 is 0 Å². The monoisotopic (exact) mass is 452 g/mol. The van der Waals surface area contributed by atoms with E-state index in [1.165, 1.54) is 17.2 Å². The molecule has 1 unspecified atom stereocenters. The SMILES string of the molecule is COCC(C)Oc1cc(NC(=O)N2CCCc3cc(CNC=O)c(C=O)nc32)ncc1C#N. The Labute approximate surface area is 190 Å². The molecule has 11 heteroatoms. The van der Waals surface area contributed by atoms with Crippen LogP contribution in [-0.4, -0.2) is 55.1 Å². The second-order valence-electron chi connectivity index (χ2n) is 7.38. The number of rotatable bonds is 9. The zero-order chi connectivity index (χ0) is 23.8. The van der Waals surface area contributed by atoms with E-state index in [9.17, 15) is 19.6 Å². The normalized spacial score (nSPS) is 13.3. The average molecular weight is 452 g/mol. The third kappa shape index (κ3) is 5.61. The lowest BCUT2D eigenvalue weighted by atomic mass is 10.0. The van der Waals surface area contributed by atoms with E-state index in [0.29, 0.717) is 50.1 Å². The molecule has 0 aliphatic carbocycles. The van der Waals surface area contributed by atoms with Crippen LogP contribution in [0.2, 0.25) is 0 Å². The standard InChI is InChI=1S/C22H24N6O5/c1-14(12-32-2)33-19-7-20(25-10-17(19)8-23)27-22(31)28-5-3-4-15-6-16(9-24-13-30)18(11-29)26-21(15)28/h6-7,10-11,13-14H,3-5,9,12H2,1-2H3,(H,24,30)(H,25,27,31). The van der Waals surface area contributed by atoms with Gasteiger partial charge in [0.15, 0.2) is 6.29 Å². The van der Waals surface area contributed by atoms with Gasteiger partial charge in [0.2, 0.25) is 6.41 Å². The molecule has 0 saturated heterocycles. The summed E-state index contributed by atoms with van der Waals surface area (Å²) in [5, 5.41) is 14.5. The van der Waals surface area contributed by atoms with Crippen LogP contribution in [0, 0.1) is 11.3 Å². The van der Waals surface area contributed by atoms with Gasteiger partial charge in [-0.3, -0.25) is 19.8 Å². The molecule has 2 aromatic rings. The maximum atomic E-state index is 13.0. The number of aldehydes is 1. The molecule has 172 valence electrons. The van der Waals surface area contributed by atoms with E-state index in [0.717, 1.165) is 5.56 Å². The largest absolute Gasteiger partial charge is 0.487 e. The number of carbonyl (C=O) groups excluding carboxylic acids is 3. The second kappa shape index (κ2) is 11.0. The van der Waals surface area contributed by atoms with Crippen molar-refractivity contribution >= 4 is 30.4 Å². The van der Waals surface area contributed by atoms with Crippen molar-refractivity contribution in [2.24, 2.45) is 0 Å². The Bertz CT molecular complexity index is 1080. The Balaban J connectivity index is 1.84. The molecule has 33 heavy (non-hydrogen) atoms. The van der Waals surface area contributed by atoms with Gasteiger partial charge < -0.3 is 14.8 Å². The van der Waals surface area contributed by atoms with Crippen LogP contribution in [0.4, 0.5) is 16.4 Å². The Morgan fingerprint density at radius 1 is 1.39 bits per heavy atom. The second-order valence-corrected chi connectivity index (χ2v) is 7.38. The Morgan fingerprint density at radius 2 is 2.21 bits per heavy atom. The number of hydrogen-bond acceptors (Lipinski definition) is 8. The van der Waals surface area contributed by atoms with Gasteiger partial charge in [0.1, 0.15) is 40.8 Å². The fraction of sp³-hybridized carbons (Fsp3) is 0.364. The molecule has 0 radical (unpaired) electrons. The van der Waals surface area contributed by atoms with Gasteiger partial charge in [0.05, 0.1) is 12.8 Å². The van der Waals surface area contributed by atoms with Crippen molar-refractivity contribution < 1.29 is 23.9 Å². The first-order chi connectivity index (χ1) is 16.0. The molecule has 3 rings (SSSR count). The van der Waals surface area contributed by atoms with Crippen molar-refractivity contribution in [1.82, 2.24) is 15.3 Å². The Hall–Kier alpha value is -4.04. The number of nitrogens with zero attached hydrogens (tertiary/aromatic N) is 4. The number of pyridine rings is 2. The average Bonchev–Trinajstić information content (AvgIpc) is 2.82. The van der Waals surface area contributed by atoms with Gasteiger partial charge in [-0.1, -0.05) is 0 Å². The molecule has 0 fully saturated rings. The molecule has 3 heterocycles. The predicted molar refractivity (Wildman–Crippen MR) is 118 cm³/mol. The first-order valence-electron chi connectivity index (χ1n) is 10.3. The summed E-state index contributed by atoms with van der Waals surface area (Å²) in [5.74, 6) is 0.864. The summed E-state index contributed by atoms with van der Waals surface area (Å²) in [7, 11) is 1.55. The molecule has 0 spiro atoms. The van der Waals surface area contributed by atoms with Gasteiger partial charge in [0.25, 0.3) is 0 Å². The summed E-state index contributed by atoms with van der Waals surface area (Å²) >= 11 is 0. The van der Waals surface area contributed by atoms with E-state index in [2.05, 4.69) is 20.6 Å². The number of carbonyl (C=O) groups is 3. The molecule has 2 aromatic heterocycles. The number of fused-ring (bicyclic) bond motifs is 1. The summed E-state index contributed by atoms with van der Waals surface area (Å²) in [4.78, 5) is 45.1. The van der Waals surface area contributed by atoms with Crippen molar-refractivity contribution in [3.05, 3.63) is 40.7 Å². The van der Waals surface area contributed by atoms with Crippen molar-refractivity contribution in [3.8, 4) is 11.8 Å². The van der Waals surface area contributed by atoms with Gasteiger partial charge in [-0.2, -0.15) is 5.26 Å². The highest BCUT2D eigenvalue weighted by Crippen LogP contribution is 2.28. The maximum Gasteiger partial charge on any atom is 0.328 e. The van der Waals surface area contributed by atoms with Gasteiger partial charge in [0, 0.05) is 31.8 Å². The van der Waals surface area contributed by atoms with Crippen molar-refractivity contribution in [3.63, 3.8) is 0 Å². The molecule has 1 aliphatic heterocycles. The van der Waals surface area contributed by atoms with Crippen LogP contribution in [0.5, 0.6) is 5.75 Å². The fourth-order valence-electron chi connectivity index (χ4n) is 3.50. The highest BCUT2D eigenvalue weighted by atomic mass is 16.5. The van der Waals surface area contributed by atoms with Gasteiger partial charge in [-0.05, 0) is 31.4 Å². The molecule has 0 saturated carbocycles. The quantitative estimate of drug-likeness (QED) is 0.548. The lowest BCUT2D eigenvalue weighted by Gasteiger charge is -2.29. The summed E-state index contributed by atoms with van der Waals surface area (Å²) in [6, 6.07) is 4.79. The summed E-state index contributed by atoms with van der Waals surface area (Å²) < 4.78 is 10.8. The zero-order valence-electron chi connectivity index (χ0n) is 18.3. The Kier molecular flexibility index (Phi) is 7.88. The first-order valence-corrected chi connectivity index (χ1v) is 10.3.